The van der Waals surface area contributed by atoms with Crippen molar-refractivity contribution in [1.82, 2.24) is 24.3 Å². The predicted molar refractivity (Wildman–Crippen MR) is 200 cm³/mol. The molecular weight excluding hydrogens is 599 g/mol. The molecule has 0 aliphatic heterocycles. The summed E-state index contributed by atoms with van der Waals surface area (Å²) in [4.78, 5) is 19.9. The van der Waals surface area contributed by atoms with Crippen molar-refractivity contribution in [1.29, 1.82) is 0 Å². The van der Waals surface area contributed by atoms with E-state index in [9.17, 15) is 0 Å². The van der Waals surface area contributed by atoms with Crippen LogP contribution in [-0.2, 0) is 0 Å². The van der Waals surface area contributed by atoms with Gasteiger partial charge in [0.25, 0.3) is 0 Å². The fourth-order valence-electron chi connectivity index (χ4n) is 7.01. The van der Waals surface area contributed by atoms with Crippen molar-refractivity contribution in [3.63, 3.8) is 0 Å². The third kappa shape index (κ3) is 4.55. The van der Waals surface area contributed by atoms with Crippen molar-refractivity contribution in [3.05, 3.63) is 164 Å². The maximum absolute atomic E-state index is 5.02. The van der Waals surface area contributed by atoms with Crippen LogP contribution in [0, 0.1) is 0 Å². The highest BCUT2D eigenvalue weighted by atomic mass is 15.0. The van der Waals surface area contributed by atoms with Crippen LogP contribution in [0.25, 0.3) is 94.3 Å². The van der Waals surface area contributed by atoms with E-state index in [0.29, 0.717) is 17.5 Å². The van der Waals surface area contributed by atoms with Crippen LogP contribution >= 0.6 is 0 Å². The van der Waals surface area contributed by atoms with Gasteiger partial charge in [-0.15, -0.1) is 0 Å². The Morgan fingerprint density at radius 3 is 1.78 bits per heavy atom. The van der Waals surface area contributed by atoms with Gasteiger partial charge in [-0.05, 0) is 56.9 Å². The van der Waals surface area contributed by atoms with Crippen molar-refractivity contribution in [2.24, 2.45) is 0 Å². The first-order chi connectivity index (χ1) is 24.3. The van der Waals surface area contributed by atoms with Gasteiger partial charge in [-0.25, -0.2) is 19.9 Å². The molecule has 0 aliphatic rings. The minimum absolute atomic E-state index is 0.642. The van der Waals surface area contributed by atoms with Crippen LogP contribution in [0.1, 0.15) is 0 Å². The molecule has 0 saturated heterocycles. The summed E-state index contributed by atoms with van der Waals surface area (Å²) in [6.07, 6.45) is 2.10. The standard InChI is InChI=1S/C44H27N5/c1-2-11-30(12-3-1)42-46-43(48-44(47-42)34-22-19-28-10-4-5-13-32(28)26-34)31-20-17-29(18-21-31)33-23-24-37-38(27-33)35-14-6-7-15-36(35)40-41(37)49-25-9-8-16-39(49)45-40/h1-27H. The average molecular weight is 626 g/mol. The summed E-state index contributed by atoms with van der Waals surface area (Å²) in [6, 6.07) is 54.9. The molecule has 0 spiro atoms. The zero-order valence-corrected chi connectivity index (χ0v) is 26.3. The molecule has 0 amide bonds. The third-order valence-electron chi connectivity index (χ3n) is 9.43. The number of imidazole rings is 1. The number of fused-ring (bicyclic) bond motifs is 9. The first-order valence-corrected chi connectivity index (χ1v) is 16.4. The van der Waals surface area contributed by atoms with E-state index < -0.39 is 0 Å². The fraction of sp³-hybridized carbons (Fsp3) is 0. The van der Waals surface area contributed by atoms with Gasteiger partial charge in [0.05, 0.1) is 11.0 Å². The van der Waals surface area contributed by atoms with Gasteiger partial charge in [0.2, 0.25) is 0 Å². The zero-order chi connectivity index (χ0) is 32.3. The second-order valence-electron chi connectivity index (χ2n) is 12.4. The van der Waals surface area contributed by atoms with Gasteiger partial charge in [0, 0.05) is 33.7 Å². The number of nitrogens with zero attached hydrogens (tertiary/aromatic N) is 5. The van der Waals surface area contributed by atoms with Crippen LogP contribution in [0.5, 0.6) is 0 Å². The normalized spacial score (nSPS) is 11.7. The lowest BCUT2D eigenvalue weighted by Gasteiger charge is -2.11. The first kappa shape index (κ1) is 27.4. The molecule has 3 heterocycles. The summed E-state index contributed by atoms with van der Waals surface area (Å²) >= 11 is 0. The van der Waals surface area contributed by atoms with Crippen LogP contribution in [0.2, 0.25) is 0 Å². The molecule has 0 saturated carbocycles. The lowest BCUT2D eigenvalue weighted by Crippen LogP contribution is -2.00. The Hall–Kier alpha value is -6.72. The Labute approximate surface area is 281 Å². The van der Waals surface area contributed by atoms with Crippen molar-refractivity contribution in [3.8, 4) is 45.3 Å². The van der Waals surface area contributed by atoms with E-state index in [1.807, 2.05) is 36.4 Å². The summed E-state index contributed by atoms with van der Waals surface area (Å²) in [7, 11) is 0. The monoisotopic (exact) mass is 625 g/mol. The number of aromatic nitrogens is 5. The van der Waals surface area contributed by atoms with E-state index in [4.69, 9.17) is 19.9 Å². The maximum atomic E-state index is 5.02. The Kier molecular flexibility index (Phi) is 6.11. The summed E-state index contributed by atoms with van der Waals surface area (Å²) in [5.74, 6) is 1.94. The van der Waals surface area contributed by atoms with Gasteiger partial charge in [0.15, 0.2) is 17.5 Å². The third-order valence-corrected chi connectivity index (χ3v) is 9.43. The van der Waals surface area contributed by atoms with Crippen molar-refractivity contribution in [2.45, 2.75) is 0 Å². The molecule has 10 rings (SSSR count). The molecule has 0 atom stereocenters. The molecule has 0 radical (unpaired) electrons. The number of hydrogen-bond donors (Lipinski definition) is 0. The summed E-state index contributed by atoms with van der Waals surface area (Å²) in [5, 5.41) is 7.09. The molecule has 0 bridgehead atoms. The van der Waals surface area contributed by atoms with E-state index in [1.165, 1.54) is 21.5 Å². The minimum Gasteiger partial charge on any atom is -0.299 e. The van der Waals surface area contributed by atoms with E-state index in [0.717, 1.165) is 55.3 Å². The average Bonchev–Trinajstić information content (AvgIpc) is 3.58. The van der Waals surface area contributed by atoms with Crippen molar-refractivity contribution in [2.75, 3.05) is 0 Å². The summed E-state index contributed by atoms with van der Waals surface area (Å²) in [6.45, 7) is 0. The van der Waals surface area contributed by atoms with Gasteiger partial charge in [-0.2, -0.15) is 0 Å². The molecule has 49 heavy (non-hydrogen) atoms. The number of pyridine rings is 1. The van der Waals surface area contributed by atoms with E-state index in [-0.39, 0.29) is 0 Å². The zero-order valence-electron chi connectivity index (χ0n) is 26.3. The highest BCUT2D eigenvalue weighted by Gasteiger charge is 2.16. The Morgan fingerprint density at radius 1 is 0.347 bits per heavy atom. The Bertz CT molecular complexity index is 2870. The molecule has 5 nitrogen and oxygen atoms in total. The SMILES string of the molecule is c1ccc(-c2nc(-c3ccc(-c4ccc5c(c4)c4ccccc4c4nc6ccccn6c54)cc3)nc(-c3ccc4ccccc4c3)n2)cc1. The Balaban J connectivity index is 1.09. The molecule has 0 N–H and O–H groups in total. The van der Waals surface area contributed by atoms with Crippen LogP contribution in [0.3, 0.4) is 0 Å². The number of rotatable bonds is 4. The van der Waals surface area contributed by atoms with Crippen LogP contribution < -0.4 is 0 Å². The second-order valence-corrected chi connectivity index (χ2v) is 12.4. The van der Waals surface area contributed by atoms with E-state index in [1.54, 1.807) is 0 Å². The van der Waals surface area contributed by atoms with Gasteiger partial charge < -0.3 is 0 Å². The summed E-state index contributed by atoms with van der Waals surface area (Å²) < 4.78 is 2.20. The first-order valence-electron chi connectivity index (χ1n) is 16.4. The number of hydrogen-bond acceptors (Lipinski definition) is 4. The smallest absolute Gasteiger partial charge is 0.164 e. The highest BCUT2D eigenvalue weighted by Crippen LogP contribution is 2.38. The summed E-state index contributed by atoms with van der Waals surface area (Å²) in [5.41, 5.74) is 8.23. The largest absolute Gasteiger partial charge is 0.299 e. The second kappa shape index (κ2) is 10.9. The van der Waals surface area contributed by atoms with Crippen molar-refractivity contribution < 1.29 is 0 Å². The molecule has 0 fully saturated rings. The Morgan fingerprint density at radius 2 is 0.959 bits per heavy atom. The van der Waals surface area contributed by atoms with Gasteiger partial charge in [-0.3, -0.25) is 4.40 Å². The molecular formula is C44H27N5. The predicted octanol–water partition coefficient (Wildman–Crippen LogP) is 10.8. The van der Waals surface area contributed by atoms with E-state index in [2.05, 4.69) is 132 Å². The van der Waals surface area contributed by atoms with Crippen LogP contribution in [0.15, 0.2) is 164 Å². The van der Waals surface area contributed by atoms with Gasteiger partial charge in [-0.1, -0.05) is 133 Å². The lowest BCUT2D eigenvalue weighted by molar-refractivity contribution is 1.07. The van der Waals surface area contributed by atoms with E-state index >= 15 is 0 Å². The topological polar surface area (TPSA) is 56.0 Å². The van der Waals surface area contributed by atoms with Crippen LogP contribution in [-0.4, -0.2) is 24.3 Å². The molecule has 5 heteroatoms. The quantitative estimate of drug-likeness (QED) is 0.183. The molecule has 0 unspecified atom stereocenters. The lowest BCUT2D eigenvalue weighted by atomic mass is 9.95. The molecule has 228 valence electrons. The molecule has 10 aromatic rings. The number of benzene rings is 7. The molecule has 0 aliphatic carbocycles. The minimum atomic E-state index is 0.642. The van der Waals surface area contributed by atoms with Crippen LogP contribution in [0.4, 0.5) is 0 Å². The van der Waals surface area contributed by atoms with Crippen molar-refractivity contribution >= 4 is 49.0 Å². The maximum Gasteiger partial charge on any atom is 0.164 e. The highest BCUT2D eigenvalue weighted by molar-refractivity contribution is 6.24. The van der Waals surface area contributed by atoms with Gasteiger partial charge in [0.1, 0.15) is 5.65 Å². The molecule has 7 aromatic carbocycles. The van der Waals surface area contributed by atoms with Gasteiger partial charge >= 0.3 is 0 Å². The fourth-order valence-corrected chi connectivity index (χ4v) is 7.01. The molecule has 3 aromatic heterocycles.